The van der Waals surface area contributed by atoms with Crippen LogP contribution in [0, 0.1) is 0 Å². The number of aliphatic hydroxyl groups excluding tert-OH is 1. The number of nitrogens with zero attached hydrogens (tertiary/aromatic N) is 3. The number of aliphatic hydroxyl groups is 2. The number of nitrogen functional groups attached to an aromatic ring is 1. The quantitative estimate of drug-likeness (QED) is 0.189. The lowest BCUT2D eigenvalue weighted by Gasteiger charge is -2.21. The van der Waals surface area contributed by atoms with Crippen LogP contribution in [0.1, 0.15) is 29.1 Å². The number of hydrogen-bond donors (Lipinski definition) is 5. The maximum Gasteiger partial charge on any atom is 0.244 e. The van der Waals surface area contributed by atoms with Crippen molar-refractivity contribution in [2.75, 3.05) is 12.3 Å². The van der Waals surface area contributed by atoms with Crippen LogP contribution in [0.3, 0.4) is 0 Å². The summed E-state index contributed by atoms with van der Waals surface area (Å²) in [6, 6.07) is 13.0. The molecule has 196 valence electrons. The third kappa shape index (κ3) is 5.01. The average molecular weight is 571 g/mol. The lowest BCUT2D eigenvalue weighted by atomic mass is 9.96. The molecule has 6 N–H and O–H groups in total. The van der Waals surface area contributed by atoms with E-state index >= 15 is 0 Å². The van der Waals surface area contributed by atoms with Crippen molar-refractivity contribution in [2.24, 2.45) is 0 Å². The largest absolute Gasteiger partial charge is 0.393 e. The summed E-state index contributed by atoms with van der Waals surface area (Å²) in [6.45, 7) is 1.07. The summed E-state index contributed by atoms with van der Waals surface area (Å²) in [5.74, 6) is 0.190. The van der Waals surface area contributed by atoms with Crippen LogP contribution in [-0.2, 0) is 15.6 Å². The highest BCUT2D eigenvalue weighted by Gasteiger charge is 2.29. The van der Waals surface area contributed by atoms with Crippen molar-refractivity contribution in [2.45, 2.75) is 23.5 Å². The number of hydrogen-bond acceptors (Lipinski definition) is 9. The zero-order chi connectivity index (χ0) is 27.1. The Hall–Kier alpha value is -3.39. The summed E-state index contributed by atoms with van der Waals surface area (Å²) in [7, 11) is -4.01. The molecule has 2 atom stereocenters. The molecule has 0 saturated heterocycles. The second-order valence-corrected chi connectivity index (χ2v) is 12.0. The summed E-state index contributed by atoms with van der Waals surface area (Å²) in [5.41, 5.74) is 6.63. The molecular formula is C25H23ClN6O4S2. The van der Waals surface area contributed by atoms with Gasteiger partial charge in [-0.15, -0.1) is 11.3 Å². The van der Waals surface area contributed by atoms with Crippen molar-refractivity contribution in [3.8, 4) is 11.3 Å². The number of fused-ring (bicyclic) bond motifs is 1. The number of thiophene rings is 1. The van der Waals surface area contributed by atoms with Crippen LogP contribution in [0.4, 0.5) is 5.82 Å². The van der Waals surface area contributed by atoms with Crippen molar-refractivity contribution < 1.29 is 18.6 Å². The molecule has 0 aliphatic carbocycles. The Labute approximate surface area is 227 Å². The number of rotatable bonds is 8. The van der Waals surface area contributed by atoms with E-state index in [4.69, 9.17) is 17.3 Å². The van der Waals surface area contributed by atoms with Crippen molar-refractivity contribution in [1.29, 1.82) is 0 Å². The molecular weight excluding hydrogens is 548 g/mol. The van der Waals surface area contributed by atoms with Gasteiger partial charge < -0.3 is 15.9 Å². The van der Waals surface area contributed by atoms with Crippen molar-refractivity contribution >= 4 is 48.9 Å². The van der Waals surface area contributed by atoms with Crippen LogP contribution in [0.2, 0.25) is 5.02 Å². The van der Waals surface area contributed by atoms with E-state index in [1.54, 1.807) is 24.4 Å². The van der Waals surface area contributed by atoms with Gasteiger partial charge in [0.15, 0.2) is 0 Å². The molecule has 0 fully saturated rings. The van der Waals surface area contributed by atoms with Crippen molar-refractivity contribution in [3.63, 3.8) is 0 Å². The van der Waals surface area contributed by atoms with Gasteiger partial charge >= 0.3 is 0 Å². The molecule has 4 aromatic heterocycles. The Kier molecular flexibility index (Phi) is 6.94. The maximum absolute atomic E-state index is 13.2. The highest BCUT2D eigenvalue weighted by atomic mass is 35.5. The number of sulfonamides is 1. The molecule has 2 unspecified atom stereocenters. The fraction of sp³-hybridized carbons (Fsp3) is 0.160. The number of H-pyrrole nitrogens is 1. The molecule has 0 bridgehead atoms. The molecule has 0 saturated carbocycles. The van der Waals surface area contributed by atoms with E-state index in [0.717, 1.165) is 15.6 Å². The highest BCUT2D eigenvalue weighted by Crippen LogP contribution is 2.40. The van der Waals surface area contributed by atoms with Crippen molar-refractivity contribution in [1.82, 2.24) is 24.9 Å². The van der Waals surface area contributed by atoms with Crippen LogP contribution in [-0.4, -0.2) is 45.4 Å². The van der Waals surface area contributed by atoms with Gasteiger partial charge in [0.2, 0.25) is 10.0 Å². The van der Waals surface area contributed by atoms with E-state index in [9.17, 15) is 18.6 Å². The van der Waals surface area contributed by atoms with Gasteiger partial charge in [-0.1, -0.05) is 29.8 Å². The number of nitrogens with two attached hydrogens (primary N) is 1. The highest BCUT2D eigenvalue weighted by molar-refractivity contribution is 7.89. The molecule has 0 aliphatic heterocycles. The number of benzene rings is 1. The number of halogens is 1. The van der Waals surface area contributed by atoms with Gasteiger partial charge in [0.05, 0.1) is 35.3 Å². The molecule has 5 aromatic rings. The molecule has 5 rings (SSSR count). The molecule has 0 amide bonds. The van der Waals surface area contributed by atoms with Crippen LogP contribution in [0.15, 0.2) is 72.0 Å². The monoisotopic (exact) mass is 570 g/mol. The lowest BCUT2D eigenvalue weighted by molar-refractivity contribution is -0.00230. The molecule has 38 heavy (non-hydrogen) atoms. The van der Waals surface area contributed by atoms with E-state index in [-0.39, 0.29) is 21.4 Å². The van der Waals surface area contributed by atoms with Crippen LogP contribution < -0.4 is 10.5 Å². The first-order valence-electron chi connectivity index (χ1n) is 11.3. The second kappa shape index (κ2) is 10.1. The van der Waals surface area contributed by atoms with E-state index < -0.39 is 28.3 Å². The molecule has 10 nitrogen and oxygen atoms in total. The van der Waals surface area contributed by atoms with E-state index in [1.807, 2.05) is 24.3 Å². The summed E-state index contributed by atoms with van der Waals surface area (Å²) in [5, 5.41) is 27.5. The van der Waals surface area contributed by atoms with E-state index in [2.05, 4.69) is 24.9 Å². The summed E-state index contributed by atoms with van der Waals surface area (Å²) >= 11 is 7.83. The smallest absolute Gasteiger partial charge is 0.244 e. The minimum absolute atomic E-state index is 0.0405. The Morgan fingerprint density at radius 3 is 2.79 bits per heavy atom. The lowest BCUT2D eigenvalue weighted by Crippen LogP contribution is -2.29. The van der Waals surface area contributed by atoms with Gasteiger partial charge in [-0.05, 0) is 48.2 Å². The molecule has 0 aliphatic rings. The maximum atomic E-state index is 13.2. The first-order valence-corrected chi connectivity index (χ1v) is 14.0. The van der Waals surface area contributed by atoms with Gasteiger partial charge in [0.25, 0.3) is 0 Å². The van der Waals surface area contributed by atoms with Gasteiger partial charge in [0, 0.05) is 27.5 Å². The topological polar surface area (TPSA) is 167 Å². The Morgan fingerprint density at radius 1 is 1.24 bits per heavy atom. The average Bonchev–Trinajstić information content (AvgIpc) is 3.60. The molecule has 4 heterocycles. The number of aromatic nitrogens is 4. The van der Waals surface area contributed by atoms with Crippen LogP contribution >= 0.6 is 22.9 Å². The van der Waals surface area contributed by atoms with Crippen LogP contribution in [0.5, 0.6) is 0 Å². The first kappa shape index (κ1) is 26.2. The van der Waals surface area contributed by atoms with Gasteiger partial charge in [-0.3, -0.25) is 10.1 Å². The van der Waals surface area contributed by atoms with E-state index in [1.165, 1.54) is 36.7 Å². The zero-order valence-corrected chi connectivity index (χ0v) is 22.3. The Bertz CT molecular complexity index is 1720. The summed E-state index contributed by atoms with van der Waals surface area (Å²) in [4.78, 5) is 9.42. The number of aromatic amines is 1. The molecule has 13 heteroatoms. The molecule has 0 spiro atoms. The van der Waals surface area contributed by atoms with Gasteiger partial charge in [0.1, 0.15) is 16.3 Å². The Balaban J connectivity index is 1.66. The molecule has 0 radical (unpaired) electrons. The number of anilines is 1. The standard InChI is InChI=1S/C25H23ClN6O4S2/c1-25(34,13-33)15-7-8-28-19(10-15)17-4-2-3-14-9-20(37-24(14)17)23(22-18(26)5-6-21(27)31-22)32-38(35,36)16-11-29-30-12-16/h2-12,23,32-34H,13H2,1H3,(H2,27,31)(H,29,30). The van der Waals surface area contributed by atoms with Crippen molar-refractivity contribution in [3.05, 3.63) is 88.3 Å². The minimum Gasteiger partial charge on any atom is -0.393 e. The summed E-state index contributed by atoms with van der Waals surface area (Å²) in [6.07, 6.45) is 4.05. The predicted molar refractivity (Wildman–Crippen MR) is 146 cm³/mol. The van der Waals surface area contributed by atoms with Crippen LogP contribution in [0.25, 0.3) is 21.3 Å². The van der Waals surface area contributed by atoms with Gasteiger partial charge in [-0.25, -0.2) is 13.4 Å². The fourth-order valence-electron chi connectivity index (χ4n) is 3.97. The fourth-order valence-corrected chi connectivity index (χ4v) is 6.58. The summed E-state index contributed by atoms with van der Waals surface area (Å²) < 4.78 is 29.9. The van der Waals surface area contributed by atoms with E-state index in [0.29, 0.717) is 16.1 Å². The Morgan fingerprint density at radius 2 is 2.05 bits per heavy atom. The second-order valence-electron chi connectivity index (χ2n) is 8.83. The first-order chi connectivity index (χ1) is 18.1. The number of nitrogens with one attached hydrogen (secondary N) is 2. The third-order valence-corrected chi connectivity index (χ3v) is 9.00. The SMILES string of the molecule is CC(O)(CO)c1ccnc(-c2cccc3cc(C(NS(=O)(=O)c4cn[nH]c4)c4nc(N)ccc4Cl)sc23)c1. The minimum atomic E-state index is -4.01. The third-order valence-electron chi connectivity index (χ3n) is 6.04. The molecule has 1 aromatic carbocycles. The number of pyridine rings is 2. The zero-order valence-electron chi connectivity index (χ0n) is 20.0. The predicted octanol–water partition coefficient (Wildman–Crippen LogP) is 3.58. The normalized spacial score (nSPS) is 14.4. The van der Waals surface area contributed by atoms with Gasteiger partial charge in [-0.2, -0.15) is 9.82 Å².